The average molecular weight is 290 g/mol. The minimum absolute atomic E-state index is 0.0348. The van der Waals surface area contributed by atoms with Crippen molar-refractivity contribution in [1.82, 2.24) is 10.3 Å². The highest BCUT2D eigenvalue weighted by molar-refractivity contribution is 5.19. The van der Waals surface area contributed by atoms with Crippen LogP contribution in [0.3, 0.4) is 0 Å². The van der Waals surface area contributed by atoms with Gasteiger partial charge in [-0.2, -0.15) is 13.2 Å². The summed E-state index contributed by atoms with van der Waals surface area (Å²) in [5.41, 5.74) is -0.0741. The maximum absolute atomic E-state index is 12.5. The molecule has 1 N–H and O–H groups in total. The van der Waals surface area contributed by atoms with Gasteiger partial charge in [-0.1, -0.05) is 6.92 Å². The summed E-state index contributed by atoms with van der Waals surface area (Å²) in [5.74, 6) is 0. The SMILES string of the molecule is CCCNC(CCCOC)c1ccc(C(F)(F)F)cn1. The predicted octanol–water partition coefficient (Wildman–Crippen LogP) is 3.57. The first kappa shape index (κ1) is 16.9. The lowest BCUT2D eigenvalue weighted by Crippen LogP contribution is -2.23. The number of nitrogens with one attached hydrogen (secondary N) is 1. The fraction of sp³-hybridized carbons (Fsp3) is 0.643. The number of hydrogen-bond acceptors (Lipinski definition) is 3. The van der Waals surface area contributed by atoms with Gasteiger partial charge in [0.1, 0.15) is 0 Å². The molecule has 0 aliphatic rings. The van der Waals surface area contributed by atoms with E-state index in [4.69, 9.17) is 4.74 Å². The van der Waals surface area contributed by atoms with E-state index in [0.29, 0.717) is 12.3 Å². The summed E-state index contributed by atoms with van der Waals surface area (Å²) in [6.07, 6.45) is -0.867. The quantitative estimate of drug-likeness (QED) is 0.743. The van der Waals surface area contributed by atoms with Gasteiger partial charge in [0, 0.05) is 26.0 Å². The molecular formula is C14H21F3N2O. The van der Waals surface area contributed by atoms with Crippen LogP contribution in [0.1, 0.15) is 43.5 Å². The third-order valence-corrected chi connectivity index (χ3v) is 2.95. The van der Waals surface area contributed by atoms with Gasteiger partial charge in [0.15, 0.2) is 0 Å². The summed E-state index contributed by atoms with van der Waals surface area (Å²) in [6.45, 7) is 3.48. The van der Waals surface area contributed by atoms with Crippen molar-refractivity contribution in [2.24, 2.45) is 0 Å². The lowest BCUT2D eigenvalue weighted by Gasteiger charge is -2.18. The molecule has 0 fully saturated rings. The molecule has 0 bridgehead atoms. The van der Waals surface area contributed by atoms with Crippen LogP contribution in [0.15, 0.2) is 18.3 Å². The van der Waals surface area contributed by atoms with Gasteiger partial charge in [0.2, 0.25) is 0 Å². The Labute approximate surface area is 117 Å². The second-order valence-corrected chi connectivity index (χ2v) is 4.61. The fourth-order valence-corrected chi connectivity index (χ4v) is 1.88. The number of methoxy groups -OCH3 is 1. The Kier molecular flexibility index (Phi) is 6.95. The normalized spacial score (nSPS) is 13.4. The lowest BCUT2D eigenvalue weighted by molar-refractivity contribution is -0.137. The van der Waals surface area contributed by atoms with Crippen molar-refractivity contribution in [2.75, 3.05) is 20.3 Å². The van der Waals surface area contributed by atoms with E-state index in [1.807, 2.05) is 6.92 Å². The molecule has 3 nitrogen and oxygen atoms in total. The van der Waals surface area contributed by atoms with E-state index in [9.17, 15) is 13.2 Å². The highest BCUT2D eigenvalue weighted by Crippen LogP contribution is 2.29. The monoisotopic (exact) mass is 290 g/mol. The van der Waals surface area contributed by atoms with E-state index in [1.54, 1.807) is 7.11 Å². The van der Waals surface area contributed by atoms with Crippen LogP contribution >= 0.6 is 0 Å². The first-order valence-corrected chi connectivity index (χ1v) is 6.74. The number of hydrogen-bond donors (Lipinski definition) is 1. The number of halogens is 3. The van der Waals surface area contributed by atoms with Gasteiger partial charge in [0.25, 0.3) is 0 Å². The summed E-state index contributed by atoms with van der Waals surface area (Å²) >= 11 is 0. The summed E-state index contributed by atoms with van der Waals surface area (Å²) in [5, 5.41) is 3.30. The average Bonchev–Trinajstić information content (AvgIpc) is 2.42. The third-order valence-electron chi connectivity index (χ3n) is 2.95. The van der Waals surface area contributed by atoms with Gasteiger partial charge >= 0.3 is 6.18 Å². The maximum atomic E-state index is 12.5. The Bertz CT molecular complexity index is 379. The van der Waals surface area contributed by atoms with Gasteiger partial charge in [-0.15, -0.1) is 0 Å². The van der Waals surface area contributed by atoms with Crippen LogP contribution in [0.5, 0.6) is 0 Å². The standard InChI is InChI=1S/C14H21F3N2O/c1-3-8-18-12(5-4-9-20-2)13-7-6-11(10-19-13)14(15,16)17/h6-7,10,12,18H,3-5,8-9H2,1-2H3. The van der Waals surface area contributed by atoms with Crippen molar-refractivity contribution in [3.05, 3.63) is 29.6 Å². The summed E-state index contributed by atoms with van der Waals surface area (Å²) in [6, 6.07) is 2.50. The number of rotatable bonds is 8. The Hall–Kier alpha value is -1.14. The van der Waals surface area contributed by atoms with Crippen molar-refractivity contribution >= 4 is 0 Å². The minimum Gasteiger partial charge on any atom is -0.385 e. The minimum atomic E-state index is -4.34. The van der Waals surface area contributed by atoms with Crippen LogP contribution < -0.4 is 5.32 Å². The van der Waals surface area contributed by atoms with E-state index in [-0.39, 0.29) is 6.04 Å². The molecule has 0 aliphatic heterocycles. The highest BCUT2D eigenvalue weighted by atomic mass is 19.4. The molecule has 1 unspecified atom stereocenters. The second kappa shape index (κ2) is 8.21. The molecule has 0 radical (unpaired) electrons. The Morgan fingerprint density at radius 1 is 1.35 bits per heavy atom. The van der Waals surface area contributed by atoms with E-state index in [1.165, 1.54) is 6.07 Å². The van der Waals surface area contributed by atoms with Crippen LogP contribution in [0.2, 0.25) is 0 Å². The summed E-state index contributed by atoms with van der Waals surface area (Å²) < 4.78 is 42.5. The summed E-state index contributed by atoms with van der Waals surface area (Å²) in [7, 11) is 1.63. The zero-order chi connectivity index (χ0) is 15.0. The Balaban J connectivity index is 2.73. The van der Waals surface area contributed by atoms with E-state index < -0.39 is 11.7 Å². The van der Waals surface area contributed by atoms with Gasteiger partial charge in [-0.25, -0.2) is 0 Å². The molecule has 1 aromatic heterocycles. The largest absolute Gasteiger partial charge is 0.417 e. The van der Waals surface area contributed by atoms with Gasteiger partial charge < -0.3 is 10.1 Å². The molecule has 6 heteroatoms. The van der Waals surface area contributed by atoms with Crippen LogP contribution in [0.4, 0.5) is 13.2 Å². The molecule has 114 valence electrons. The molecule has 0 saturated carbocycles. The fourth-order valence-electron chi connectivity index (χ4n) is 1.88. The van der Waals surface area contributed by atoms with Crippen LogP contribution in [-0.2, 0) is 10.9 Å². The molecule has 0 saturated heterocycles. The van der Waals surface area contributed by atoms with E-state index in [2.05, 4.69) is 10.3 Å². The van der Waals surface area contributed by atoms with Crippen LogP contribution in [-0.4, -0.2) is 25.2 Å². The van der Waals surface area contributed by atoms with Crippen LogP contribution in [0, 0.1) is 0 Å². The molecule has 0 amide bonds. The maximum Gasteiger partial charge on any atom is 0.417 e. The van der Waals surface area contributed by atoms with Crippen molar-refractivity contribution in [3.8, 4) is 0 Å². The van der Waals surface area contributed by atoms with Crippen molar-refractivity contribution in [1.29, 1.82) is 0 Å². The number of alkyl halides is 3. The topological polar surface area (TPSA) is 34.1 Å². The predicted molar refractivity (Wildman–Crippen MR) is 71.4 cm³/mol. The first-order valence-electron chi connectivity index (χ1n) is 6.74. The van der Waals surface area contributed by atoms with Gasteiger partial charge in [0.05, 0.1) is 11.3 Å². The van der Waals surface area contributed by atoms with E-state index in [0.717, 1.165) is 38.1 Å². The number of aromatic nitrogens is 1. The molecular weight excluding hydrogens is 269 g/mol. The van der Waals surface area contributed by atoms with Crippen molar-refractivity contribution in [2.45, 2.75) is 38.4 Å². The third kappa shape index (κ3) is 5.46. The number of pyridine rings is 1. The Morgan fingerprint density at radius 2 is 2.10 bits per heavy atom. The molecule has 0 aromatic carbocycles. The molecule has 1 atom stereocenters. The van der Waals surface area contributed by atoms with Gasteiger partial charge in [-0.3, -0.25) is 4.98 Å². The molecule has 0 spiro atoms. The van der Waals surface area contributed by atoms with Crippen molar-refractivity contribution in [3.63, 3.8) is 0 Å². The zero-order valence-corrected chi connectivity index (χ0v) is 11.8. The molecule has 1 aromatic rings. The lowest BCUT2D eigenvalue weighted by atomic mass is 10.1. The molecule has 0 aliphatic carbocycles. The summed E-state index contributed by atoms with van der Waals surface area (Å²) in [4.78, 5) is 3.95. The second-order valence-electron chi connectivity index (χ2n) is 4.61. The Morgan fingerprint density at radius 3 is 2.60 bits per heavy atom. The number of nitrogens with zero attached hydrogens (tertiary/aromatic N) is 1. The van der Waals surface area contributed by atoms with Crippen molar-refractivity contribution < 1.29 is 17.9 Å². The van der Waals surface area contributed by atoms with Crippen LogP contribution in [0.25, 0.3) is 0 Å². The molecule has 1 heterocycles. The number of ether oxygens (including phenoxy) is 1. The molecule has 1 rings (SSSR count). The highest BCUT2D eigenvalue weighted by Gasteiger charge is 2.30. The first-order chi connectivity index (χ1) is 9.49. The molecule has 20 heavy (non-hydrogen) atoms. The zero-order valence-electron chi connectivity index (χ0n) is 11.8. The van der Waals surface area contributed by atoms with Gasteiger partial charge in [-0.05, 0) is 37.9 Å². The van der Waals surface area contributed by atoms with E-state index >= 15 is 0 Å². The smallest absolute Gasteiger partial charge is 0.385 e.